The van der Waals surface area contributed by atoms with E-state index in [1.165, 1.54) is 31.4 Å². The van der Waals surface area contributed by atoms with Gasteiger partial charge in [-0.3, -0.25) is 14.5 Å². The second kappa shape index (κ2) is 6.05. The highest BCUT2D eigenvalue weighted by atomic mass is 32.2. The maximum Gasteiger partial charge on any atom is 0.248 e. The lowest BCUT2D eigenvalue weighted by Crippen LogP contribution is -2.43. The van der Waals surface area contributed by atoms with Gasteiger partial charge in [-0.15, -0.1) is 0 Å². The second-order valence-electron chi connectivity index (χ2n) is 5.25. The lowest BCUT2D eigenvalue weighted by molar-refractivity contribution is -0.140. The van der Waals surface area contributed by atoms with Crippen LogP contribution in [0.15, 0.2) is 29.2 Å². The van der Waals surface area contributed by atoms with Crippen LogP contribution in [-0.4, -0.2) is 44.3 Å². The molecule has 120 valence electrons. The van der Waals surface area contributed by atoms with Gasteiger partial charge in [0.1, 0.15) is 11.8 Å². The van der Waals surface area contributed by atoms with Crippen LogP contribution in [0.1, 0.15) is 20.3 Å². The fourth-order valence-corrected chi connectivity index (χ4v) is 3.49. The molecule has 1 N–H and O–H groups in total. The number of imide groups is 1. The number of carbonyl (C=O) groups is 2. The van der Waals surface area contributed by atoms with Gasteiger partial charge in [0.25, 0.3) is 0 Å². The van der Waals surface area contributed by atoms with Crippen LogP contribution in [0, 0.1) is 0 Å². The lowest BCUT2D eigenvalue weighted by atomic mass is 10.3. The Bertz CT molecular complexity index is 682. The van der Waals surface area contributed by atoms with E-state index in [4.69, 9.17) is 4.74 Å². The summed E-state index contributed by atoms with van der Waals surface area (Å²) in [6.45, 7) is 3.41. The van der Waals surface area contributed by atoms with Crippen LogP contribution in [0.2, 0.25) is 0 Å². The number of likely N-dealkylation sites (tertiary alicyclic amines) is 1. The van der Waals surface area contributed by atoms with Crippen LogP contribution in [-0.2, 0) is 19.6 Å². The Kier molecular flexibility index (Phi) is 4.52. The van der Waals surface area contributed by atoms with Crippen molar-refractivity contribution < 1.29 is 22.7 Å². The van der Waals surface area contributed by atoms with Crippen LogP contribution in [0.3, 0.4) is 0 Å². The standard InChI is InChI=1S/C14H18N2O5S/c1-9(2)16-13(17)8-12(14(16)18)15-22(19,20)11-6-4-10(21-3)5-7-11/h4-7,9,12,15H,8H2,1-3H3/t12-/m1/s1. The van der Waals surface area contributed by atoms with Crippen LogP contribution in [0.5, 0.6) is 5.75 Å². The fraction of sp³-hybridized carbons (Fsp3) is 0.429. The van der Waals surface area contributed by atoms with Gasteiger partial charge in [0.15, 0.2) is 0 Å². The number of hydrogen-bond donors (Lipinski definition) is 1. The molecular formula is C14H18N2O5S. The number of sulfonamides is 1. The molecule has 1 atom stereocenters. The minimum absolute atomic E-state index is 0.0107. The molecule has 1 heterocycles. The molecule has 0 bridgehead atoms. The molecule has 7 nitrogen and oxygen atoms in total. The van der Waals surface area contributed by atoms with E-state index in [0.29, 0.717) is 5.75 Å². The van der Waals surface area contributed by atoms with Gasteiger partial charge in [-0.25, -0.2) is 8.42 Å². The van der Waals surface area contributed by atoms with Gasteiger partial charge in [-0.2, -0.15) is 4.72 Å². The van der Waals surface area contributed by atoms with Crippen LogP contribution >= 0.6 is 0 Å². The van der Waals surface area contributed by atoms with E-state index in [-0.39, 0.29) is 23.3 Å². The van der Waals surface area contributed by atoms with Gasteiger partial charge < -0.3 is 4.74 Å². The number of nitrogens with zero attached hydrogens (tertiary/aromatic N) is 1. The molecule has 0 unspecified atom stereocenters. The largest absolute Gasteiger partial charge is 0.497 e. The van der Waals surface area contributed by atoms with E-state index in [9.17, 15) is 18.0 Å². The normalized spacial score (nSPS) is 19.1. The summed E-state index contributed by atoms with van der Waals surface area (Å²) in [5.41, 5.74) is 0. The summed E-state index contributed by atoms with van der Waals surface area (Å²) in [5.74, 6) is -0.364. The molecule has 0 aliphatic carbocycles. The predicted octanol–water partition coefficient (Wildman–Crippen LogP) is 0.509. The maximum absolute atomic E-state index is 12.3. The van der Waals surface area contributed by atoms with Crippen molar-refractivity contribution in [3.63, 3.8) is 0 Å². The van der Waals surface area contributed by atoms with Crippen molar-refractivity contribution in [3.8, 4) is 5.75 Å². The molecule has 2 rings (SSSR count). The highest BCUT2D eigenvalue weighted by Crippen LogP contribution is 2.20. The molecular weight excluding hydrogens is 308 g/mol. The van der Waals surface area contributed by atoms with Gasteiger partial charge in [0.05, 0.1) is 18.4 Å². The topological polar surface area (TPSA) is 92.8 Å². The Labute approximate surface area is 129 Å². The summed E-state index contributed by atoms with van der Waals surface area (Å²) >= 11 is 0. The van der Waals surface area contributed by atoms with Gasteiger partial charge in [0, 0.05) is 6.04 Å². The van der Waals surface area contributed by atoms with E-state index < -0.39 is 22.0 Å². The average molecular weight is 326 g/mol. The quantitative estimate of drug-likeness (QED) is 0.796. The Morgan fingerprint density at radius 1 is 1.23 bits per heavy atom. The Morgan fingerprint density at radius 2 is 1.82 bits per heavy atom. The minimum atomic E-state index is -3.88. The first kappa shape index (κ1) is 16.4. The molecule has 1 fully saturated rings. The van der Waals surface area contributed by atoms with Crippen molar-refractivity contribution in [2.24, 2.45) is 0 Å². The zero-order valence-electron chi connectivity index (χ0n) is 12.6. The van der Waals surface area contributed by atoms with Gasteiger partial charge in [-0.05, 0) is 38.1 Å². The third-order valence-electron chi connectivity index (χ3n) is 3.37. The lowest BCUT2D eigenvalue weighted by Gasteiger charge is -2.19. The molecule has 0 aromatic heterocycles. The first-order valence-electron chi connectivity index (χ1n) is 6.78. The molecule has 0 radical (unpaired) electrons. The van der Waals surface area contributed by atoms with Crippen molar-refractivity contribution >= 4 is 21.8 Å². The van der Waals surface area contributed by atoms with Gasteiger partial charge in [0.2, 0.25) is 21.8 Å². The summed E-state index contributed by atoms with van der Waals surface area (Å²) in [6.07, 6.45) is -0.160. The Hall–Kier alpha value is -1.93. The fourth-order valence-electron chi connectivity index (χ4n) is 2.30. The molecule has 0 spiro atoms. The molecule has 1 aromatic rings. The van der Waals surface area contributed by atoms with Crippen LogP contribution in [0.25, 0.3) is 0 Å². The van der Waals surface area contributed by atoms with Gasteiger partial charge >= 0.3 is 0 Å². The zero-order valence-corrected chi connectivity index (χ0v) is 13.4. The average Bonchev–Trinajstić information content (AvgIpc) is 2.72. The first-order chi connectivity index (χ1) is 10.3. The van der Waals surface area contributed by atoms with Crippen LogP contribution in [0.4, 0.5) is 0 Å². The van der Waals surface area contributed by atoms with Crippen molar-refractivity contribution in [1.29, 1.82) is 0 Å². The molecule has 2 amide bonds. The number of nitrogens with one attached hydrogen (secondary N) is 1. The van der Waals surface area contributed by atoms with E-state index >= 15 is 0 Å². The monoisotopic (exact) mass is 326 g/mol. The highest BCUT2D eigenvalue weighted by Gasteiger charge is 2.41. The number of methoxy groups -OCH3 is 1. The summed E-state index contributed by atoms with van der Waals surface area (Å²) in [7, 11) is -2.40. The SMILES string of the molecule is COc1ccc(S(=O)(=O)N[C@@H]2CC(=O)N(C(C)C)C2=O)cc1. The Balaban J connectivity index is 2.18. The summed E-state index contributed by atoms with van der Waals surface area (Å²) < 4.78 is 31.8. The predicted molar refractivity (Wildman–Crippen MR) is 78.7 cm³/mol. The van der Waals surface area contributed by atoms with Crippen molar-refractivity contribution in [3.05, 3.63) is 24.3 Å². The van der Waals surface area contributed by atoms with E-state index in [0.717, 1.165) is 4.90 Å². The molecule has 0 saturated carbocycles. The number of carbonyl (C=O) groups excluding carboxylic acids is 2. The molecule has 22 heavy (non-hydrogen) atoms. The highest BCUT2D eigenvalue weighted by molar-refractivity contribution is 7.89. The zero-order chi connectivity index (χ0) is 16.5. The molecule has 1 aliphatic heterocycles. The molecule has 1 saturated heterocycles. The first-order valence-corrected chi connectivity index (χ1v) is 8.27. The number of rotatable bonds is 5. The van der Waals surface area contributed by atoms with E-state index in [1.807, 2.05) is 0 Å². The van der Waals surface area contributed by atoms with E-state index in [1.54, 1.807) is 13.8 Å². The second-order valence-corrected chi connectivity index (χ2v) is 6.96. The molecule has 8 heteroatoms. The van der Waals surface area contributed by atoms with Crippen molar-refractivity contribution in [2.75, 3.05) is 7.11 Å². The Morgan fingerprint density at radius 3 is 2.27 bits per heavy atom. The van der Waals surface area contributed by atoms with Crippen LogP contribution < -0.4 is 9.46 Å². The van der Waals surface area contributed by atoms with E-state index in [2.05, 4.69) is 4.72 Å². The summed E-state index contributed by atoms with van der Waals surface area (Å²) in [5, 5.41) is 0. The summed E-state index contributed by atoms with van der Waals surface area (Å²) in [6, 6.07) is 4.43. The minimum Gasteiger partial charge on any atom is -0.497 e. The number of amides is 2. The third kappa shape index (κ3) is 3.12. The molecule has 1 aliphatic rings. The molecule has 1 aromatic carbocycles. The van der Waals surface area contributed by atoms with Gasteiger partial charge in [-0.1, -0.05) is 0 Å². The number of ether oxygens (including phenoxy) is 1. The number of hydrogen-bond acceptors (Lipinski definition) is 5. The van der Waals surface area contributed by atoms with Crippen molar-refractivity contribution in [2.45, 2.75) is 37.2 Å². The maximum atomic E-state index is 12.3. The number of benzene rings is 1. The van der Waals surface area contributed by atoms with Crippen molar-refractivity contribution in [1.82, 2.24) is 9.62 Å². The third-order valence-corrected chi connectivity index (χ3v) is 4.85. The summed E-state index contributed by atoms with van der Waals surface area (Å²) in [4.78, 5) is 25.0. The smallest absolute Gasteiger partial charge is 0.248 e.